The van der Waals surface area contributed by atoms with Gasteiger partial charge in [-0.15, -0.1) is 0 Å². The molecule has 4 rings (SSSR count). The van der Waals surface area contributed by atoms with Gasteiger partial charge in [-0.1, -0.05) is 0 Å². The molecule has 7 heteroatoms. The predicted octanol–water partition coefficient (Wildman–Crippen LogP) is 3.57. The molecule has 0 spiro atoms. The van der Waals surface area contributed by atoms with Gasteiger partial charge < -0.3 is 14.7 Å². The lowest BCUT2D eigenvalue weighted by atomic mass is 10.1. The lowest BCUT2D eigenvalue weighted by Gasteiger charge is -2.33. The molecule has 1 aromatic heterocycles. The summed E-state index contributed by atoms with van der Waals surface area (Å²) in [5.74, 6) is 0.157. The zero-order valence-corrected chi connectivity index (χ0v) is 16.2. The fourth-order valence-corrected chi connectivity index (χ4v) is 4.69. The van der Waals surface area contributed by atoms with E-state index >= 15 is 0 Å². The molecule has 1 aromatic carbocycles. The summed E-state index contributed by atoms with van der Waals surface area (Å²) < 4.78 is 30.0. The van der Waals surface area contributed by atoms with Gasteiger partial charge in [0.2, 0.25) is 0 Å². The Labute approximate surface area is 163 Å². The molecular formula is C21H27F2N3O2. The maximum absolute atomic E-state index is 12.7. The fourth-order valence-electron chi connectivity index (χ4n) is 4.69. The van der Waals surface area contributed by atoms with Crippen molar-refractivity contribution in [2.24, 2.45) is 0 Å². The molecule has 0 bridgehead atoms. The monoisotopic (exact) mass is 391 g/mol. The second-order valence-electron chi connectivity index (χ2n) is 7.80. The highest BCUT2D eigenvalue weighted by molar-refractivity contribution is 5.93. The molecule has 2 aromatic rings. The van der Waals surface area contributed by atoms with E-state index in [4.69, 9.17) is 0 Å². The average Bonchev–Trinajstić information content (AvgIpc) is 3.30. The van der Waals surface area contributed by atoms with Crippen LogP contribution in [-0.4, -0.2) is 59.9 Å². The molecule has 0 saturated carbocycles. The van der Waals surface area contributed by atoms with Crippen molar-refractivity contribution in [1.29, 1.82) is 0 Å². The largest absolute Gasteiger partial charge is 0.435 e. The van der Waals surface area contributed by atoms with Crippen LogP contribution in [0.4, 0.5) is 14.5 Å². The van der Waals surface area contributed by atoms with Crippen LogP contribution < -0.4 is 9.64 Å². The first-order valence-corrected chi connectivity index (χ1v) is 10.0. The lowest BCUT2D eigenvalue weighted by molar-refractivity contribution is -0.0497. The minimum absolute atomic E-state index is 0.157. The van der Waals surface area contributed by atoms with Gasteiger partial charge in [0.25, 0.3) is 0 Å². The number of rotatable bonds is 6. The number of aliphatic hydroxyl groups excluding tert-OH is 1. The molecule has 2 saturated heterocycles. The van der Waals surface area contributed by atoms with Gasteiger partial charge >= 0.3 is 6.61 Å². The van der Waals surface area contributed by atoms with Gasteiger partial charge in [-0.25, -0.2) is 0 Å². The van der Waals surface area contributed by atoms with E-state index in [1.165, 1.54) is 0 Å². The van der Waals surface area contributed by atoms with Crippen LogP contribution >= 0.6 is 0 Å². The van der Waals surface area contributed by atoms with E-state index in [2.05, 4.69) is 19.5 Å². The zero-order chi connectivity index (χ0) is 19.7. The molecule has 0 radical (unpaired) electrons. The van der Waals surface area contributed by atoms with E-state index in [1.54, 1.807) is 18.2 Å². The van der Waals surface area contributed by atoms with Crippen molar-refractivity contribution < 1.29 is 18.6 Å². The van der Waals surface area contributed by atoms with Crippen LogP contribution in [0.5, 0.6) is 5.75 Å². The topological polar surface area (TPSA) is 48.8 Å². The van der Waals surface area contributed by atoms with E-state index in [0.717, 1.165) is 67.6 Å². The van der Waals surface area contributed by atoms with Crippen molar-refractivity contribution in [2.75, 3.05) is 31.1 Å². The third-order valence-corrected chi connectivity index (χ3v) is 5.95. The van der Waals surface area contributed by atoms with Gasteiger partial charge in [0, 0.05) is 41.9 Å². The van der Waals surface area contributed by atoms with Gasteiger partial charge in [0.05, 0.1) is 12.1 Å². The molecule has 2 unspecified atom stereocenters. The Kier molecular flexibility index (Phi) is 5.64. The minimum Gasteiger partial charge on any atom is -0.435 e. The summed E-state index contributed by atoms with van der Waals surface area (Å²) in [4.78, 5) is 9.35. The predicted molar refractivity (Wildman–Crippen MR) is 105 cm³/mol. The number of aliphatic hydroxyl groups is 1. The van der Waals surface area contributed by atoms with E-state index in [9.17, 15) is 13.9 Å². The highest BCUT2D eigenvalue weighted by Gasteiger charge is 2.32. The molecule has 1 N–H and O–H groups in total. The Morgan fingerprint density at radius 1 is 1.18 bits per heavy atom. The molecule has 0 aliphatic carbocycles. The van der Waals surface area contributed by atoms with Crippen LogP contribution in [0.25, 0.3) is 10.9 Å². The van der Waals surface area contributed by atoms with Crippen molar-refractivity contribution in [2.45, 2.75) is 51.3 Å². The molecule has 2 aliphatic rings. The number of alkyl halides is 2. The van der Waals surface area contributed by atoms with Gasteiger partial charge in [-0.05, 0) is 63.4 Å². The molecule has 3 heterocycles. The Morgan fingerprint density at radius 3 is 2.75 bits per heavy atom. The first-order valence-electron chi connectivity index (χ1n) is 10.0. The maximum atomic E-state index is 12.7. The van der Waals surface area contributed by atoms with Crippen molar-refractivity contribution in [1.82, 2.24) is 9.88 Å². The molecule has 2 atom stereocenters. The summed E-state index contributed by atoms with van der Waals surface area (Å²) in [5.41, 5.74) is 2.73. The SMILES string of the molecule is Cc1cc(N2CCCC2CN2CCCC2CO)c2cc(OC(F)F)ccc2n1. The Hall–Kier alpha value is -1.99. The zero-order valence-electron chi connectivity index (χ0n) is 16.2. The Balaban J connectivity index is 1.66. The van der Waals surface area contributed by atoms with Crippen LogP contribution in [0.15, 0.2) is 24.3 Å². The number of ether oxygens (including phenoxy) is 1. The lowest BCUT2D eigenvalue weighted by Crippen LogP contribution is -2.43. The van der Waals surface area contributed by atoms with Gasteiger partial charge in [0.1, 0.15) is 5.75 Å². The normalized spacial score (nSPS) is 23.2. The molecule has 152 valence electrons. The number of anilines is 1. The maximum Gasteiger partial charge on any atom is 0.387 e. The van der Waals surface area contributed by atoms with Crippen LogP contribution in [0, 0.1) is 6.92 Å². The van der Waals surface area contributed by atoms with Gasteiger partial charge in [-0.3, -0.25) is 9.88 Å². The number of aromatic nitrogens is 1. The third kappa shape index (κ3) is 3.91. The number of benzene rings is 1. The summed E-state index contributed by atoms with van der Waals surface area (Å²) in [6.07, 6.45) is 4.36. The summed E-state index contributed by atoms with van der Waals surface area (Å²) in [6, 6.07) is 7.60. The van der Waals surface area contributed by atoms with Crippen molar-refractivity contribution in [3.63, 3.8) is 0 Å². The quantitative estimate of drug-likeness (QED) is 0.816. The molecule has 2 aliphatic heterocycles. The molecular weight excluding hydrogens is 364 g/mol. The first-order chi connectivity index (χ1) is 13.5. The summed E-state index contributed by atoms with van der Waals surface area (Å²) in [5, 5.41) is 10.5. The van der Waals surface area contributed by atoms with Gasteiger partial charge in [0.15, 0.2) is 0 Å². The molecule has 0 amide bonds. The number of likely N-dealkylation sites (tertiary alicyclic amines) is 1. The molecule has 5 nitrogen and oxygen atoms in total. The molecule has 28 heavy (non-hydrogen) atoms. The van der Waals surface area contributed by atoms with Gasteiger partial charge in [-0.2, -0.15) is 8.78 Å². The van der Waals surface area contributed by atoms with Crippen LogP contribution in [0.2, 0.25) is 0 Å². The highest BCUT2D eigenvalue weighted by Crippen LogP contribution is 2.35. The van der Waals surface area contributed by atoms with Crippen molar-refractivity contribution >= 4 is 16.6 Å². The number of halogens is 2. The summed E-state index contributed by atoms with van der Waals surface area (Å²) in [7, 11) is 0. The number of hydrogen-bond donors (Lipinski definition) is 1. The van der Waals surface area contributed by atoms with Crippen molar-refractivity contribution in [3.8, 4) is 5.75 Å². The fraction of sp³-hybridized carbons (Fsp3) is 0.571. The number of fused-ring (bicyclic) bond motifs is 1. The highest BCUT2D eigenvalue weighted by atomic mass is 19.3. The third-order valence-electron chi connectivity index (χ3n) is 5.95. The van der Waals surface area contributed by atoms with E-state index in [-0.39, 0.29) is 18.4 Å². The standard InChI is InChI=1S/C21H27F2N3O2/c1-14-10-20(18-11-17(28-21(22)23)6-7-19(18)24-14)26-9-3-4-15(26)12-25-8-2-5-16(25)13-27/h6-7,10-11,15-16,21,27H,2-5,8-9,12-13H2,1H3. The number of hydrogen-bond acceptors (Lipinski definition) is 5. The minimum atomic E-state index is -2.84. The average molecular weight is 391 g/mol. The first kappa shape index (κ1) is 19.3. The summed E-state index contributed by atoms with van der Waals surface area (Å²) in [6.45, 7) is 2.20. The second kappa shape index (κ2) is 8.17. The number of nitrogens with zero attached hydrogens (tertiary/aromatic N) is 3. The van der Waals surface area contributed by atoms with Crippen LogP contribution in [0.1, 0.15) is 31.4 Å². The van der Waals surface area contributed by atoms with Crippen LogP contribution in [0.3, 0.4) is 0 Å². The smallest absolute Gasteiger partial charge is 0.387 e. The Morgan fingerprint density at radius 2 is 1.96 bits per heavy atom. The van der Waals surface area contributed by atoms with E-state index < -0.39 is 6.61 Å². The Bertz CT molecular complexity index is 833. The van der Waals surface area contributed by atoms with Crippen LogP contribution in [-0.2, 0) is 0 Å². The number of pyridine rings is 1. The van der Waals surface area contributed by atoms with Crippen molar-refractivity contribution in [3.05, 3.63) is 30.0 Å². The molecule has 2 fully saturated rings. The van der Waals surface area contributed by atoms with E-state index in [0.29, 0.717) is 6.04 Å². The second-order valence-corrected chi connectivity index (χ2v) is 7.80. The van der Waals surface area contributed by atoms with E-state index in [1.807, 2.05) is 13.0 Å². The summed E-state index contributed by atoms with van der Waals surface area (Å²) >= 11 is 0. The number of aryl methyl sites for hydroxylation is 1.